The minimum absolute atomic E-state index is 0.210. The van der Waals surface area contributed by atoms with E-state index >= 15 is 0 Å². The SMILES string of the molecule is CCCC(C)SC(C(=O)O)C(C)C. The van der Waals surface area contributed by atoms with Gasteiger partial charge in [0, 0.05) is 5.25 Å². The molecule has 3 heteroatoms. The summed E-state index contributed by atoms with van der Waals surface area (Å²) >= 11 is 1.59. The van der Waals surface area contributed by atoms with Crippen LogP contribution >= 0.6 is 11.8 Å². The van der Waals surface area contributed by atoms with Crippen molar-refractivity contribution in [2.45, 2.75) is 51.0 Å². The van der Waals surface area contributed by atoms with E-state index in [2.05, 4.69) is 13.8 Å². The topological polar surface area (TPSA) is 37.3 Å². The molecule has 0 radical (unpaired) electrons. The van der Waals surface area contributed by atoms with Crippen LogP contribution in [0, 0.1) is 5.92 Å². The zero-order chi connectivity index (χ0) is 10.4. The van der Waals surface area contributed by atoms with Crippen molar-refractivity contribution in [2.24, 2.45) is 5.92 Å². The Hall–Kier alpha value is -0.180. The maximum atomic E-state index is 10.9. The molecule has 0 aromatic heterocycles. The van der Waals surface area contributed by atoms with Crippen molar-refractivity contribution in [3.63, 3.8) is 0 Å². The Morgan fingerprint density at radius 3 is 2.23 bits per heavy atom. The molecule has 0 rings (SSSR count). The zero-order valence-electron chi connectivity index (χ0n) is 8.91. The lowest BCUT2D eigenvalue weighted by Crippen LogP contribution is -2.24. The van der Waals surface area contributed by atoms with E-state index in [4.69, 9.17) is 5.11 Å². The molecule has 0 amide bonds. The molecule has 78 valence electrons. The number of carboxylic acid groups (broad SMARTS) is 1. The second kappa shape index (κ2) is 6.30. The summed E-state index contributed by atoms with van der Waals surface area (Å²) in [4.78, 5) is 10.9. The molecule has 0 aliphatic rings. The van der Waals surface area contributed by atoms with Gasteiger partial charge in [0.25, 0.3) is 0 Å². The molecule has 2 unspecified atom stereocenters. The molecule has 0 spiro atoms. The minimum Gasteiger partial charge on any atom is -0.480 e. The molecule has 0 saturated carbocycles. The van der Waals surface area contributed by atoms with Gasteiger partial charge in [-0.25, -0.2) is 0 Å². The normalized spacial score (nSPS) is 15.8. The number of hydrogen-bond donors (Lipinski definition) is 1. The summed E-state index contributed by atoms with van der Waals surface area (Å²) in [5, 5.41) is 9.14. The van der Waals surface area contributed by atoms with Gasteiger partial charge >= 0.3 is 5.97 Å². The number of hydrogen-bond acceptors (Lipinski definition) is 2. The predicted molar refractivity (Wildman–Crippen MR) is 58.2 cm³/mol. The molecular formula is C10H20O2S. The number of thioether (sulfide) groups is 1. The van der Waals surface area contributed by atoms with Crippen LogP contribution in [0.25, 0.3) is 0 Å². The molecule has 0 aliphatic heterocycles. The Kier molecular flexibility index (Phi) is 6.21. The van der Waals surface area contributed by atoms with Crippen LogP contribution in [-0.2, 0) is 4.79 Å². The van der Waals surface area contributed by atoms with Gasteiger partial charge in [0.15, 0.2) is 0 Å². The monoisotopic (exact) mass is 204 g/mol. The van der Waals surface area contributed by atoms with E-state index in [9.17, 15) is 4.79 Å². The highest BCUT2D eigenvalue weighted by Gasteiger charge is 2.23. The van der Waals surface area contributed by atoms with Crippen LogP contribution in [0.15, 0.2) is 0 Å². The van der Waals surface area contributed by atoms with E-state index < -0.39 is 5.97 Å². The van der Waals surface area contributed by atoms with Crippen molar-refractivity contribution < 1.29 is 9.90 Å². The highest BCUT2D eigenvalue weighted by Crippen LogP contribution is 2.26. The van der Waals surface area contributed by atoms with Crippen LogP contribution in [0.5, 0.6) is 0 Å². The first-order valence-corrected chi connectivity index (χ1v) is 5.81. The van der Waals surface area contributed by atoms with Gasteiger partial charge in [-0.3, -0.25) is 4.79 Å². The number of aliphatic carboxylic acids is 1. The third-order valence-corrected chi connectivity index (χ3v) is 3.66. The number of rotatable bonds is 6. The van der Waals surface area contributed by atoms with Crippen LogP contribution in [0.4, 0.5) is 0 Å². The first kappa shape index (κ1) is 12.8. The lowest BCUT2D eigenvalue weighted by Gasteiger charge is -2.19. The summed E-state index contributed by atoms with van der Waals surface area (Å²) in [7, 11) is 0. The van der Waals surface area contributed by atoms with E-state index in [-0.39, 0.29) is 11.2 Å². The maximum absolute atomic E-state index is 10.9. The Labute approximate surface area is 85.1 Å². The predicted octanol–water partition coefficient (Wildman–Crippen LogP) is 3.02. The van der Waals surface area contributed by atoms with E-state index in [1.54, 1.807) is 11.8 Å². The second-order valence-corrected chi connectivity index (χ2v) is 5.32. The molecule has 0 fully saturated rings. The summed E-state index contributed by atoms with van der Waals surface area (Å²) in [6.07, 6.45) is 2.22. The first-order chi connectivity index (χ1) is 5.99. The van der Waals surface area contributed by atoms with Gasteiger partial charge < -0.3 is 5.11 Å². The van der Waals surface area contributed by atoms with E-state index in [1.807, 2.05) is 13.8 Å². The largest absolute Gasteiger partial charge is 0.480 e. The van der Waals surface area contributed by atoms with Crippen LogP contribution < -0.4 is 0 Å². The summed E-state index contributed by atoms with van der Waals surface area (Å²) in [5.41, 5.74) is 0. The molecule has 0 saturated heterocycles. The van der Waals surface area contributed by atoms with Crippen LogP contribution in [-0.4, -0.2) is 21.6 Å². The van der Waals surface area contributed by atoms with Crippen molar-refractivity contribution in [3.8, 4) is 0 Å². The Balaban J connectivity index is 4.02. The minimum atomic E-state index is -0.678. The molecule has 2 atom stereocenters. The van der Waals surface area contributed by atoms with E-state index in [0.29, 0.717) is 5.25 Å². The number of carboxylic acids is 1. The van der Waals surface area contributed by atoms with Gasteiger partial charge in [-0.2, -0.15) is 0 Å². The van der Waals surface area contributed by atoms with Crippen molar-refractivity contribution in [3.05, 3.63) is 0 Å². The summed E-state index contributed by atoms with van der Waals surface area (Å²) in [5.74, 6) is -0.468. The Morgan fingerprint density at radius 2 is 1.92 bits per heavy atom. The highest BCUT2D eigenvalue weighted by molar-refractivity contribution is 8.01. The first-order valence-electron chi connectivity index (χ1n) is 4.87. The Bertz CT molecular complexity index is 157. The molecule has 0 heterocycles. The lowest BCUT2D eigenvalue weighted by molar-refractivity contribution is -0.137. The molecule has 1 N–H and O–H groups in total. The molecule has 0 aromatic rings. The fraction of sp³-hybridized carbons (Fsp3) is 0.900. The molecule has 13 heavy (non-hydrogen) atoms. The zero-order valence-corrected chi connectivity index (χ0v) is 9.73. The van der Waals surface area contributed by atoms with Gasteiger partial charge in [-0.05, 0) is 12.3 Å². The number of carbonyl (C=O) groups is 1. The second-order valence-electron chi connectivity index (χ2n) is 3.74. The third kappa shape index (κ3) is 5.19. The van der Waals surface area contributed by atoms with Crippen molar-refractivity contribution in [1.29, 1.82) is 0 Å². The smallest absolute Gasteiger partial charge is 0.316 e. The van der Waals surface area contributed by atoms with Gasteiger partial charge in [0.1, 0.15) is 5.25 Å². The standard InChI is InChI=1S/C10H20O2S/c1-5-6-8(4)13-9(7(2)3)10(11)12/h7-9H,5-6H2,1-4H3,(H,11,12). The van der Waals surface area contributed by atoms with Crippen molar-refractivity contribution >= 4 is 17.7 Å². The van der Waals surface area contributed by atoms with Crippen LogP contribution in [0.1, 0.15) is 40.5 Å². The van der Waals surface area contributed by atoms with Gasteiger partial charge in [-0.1, -0.05) is 34.1 Å². The van der Waals surface area contributed by atoms with Crippen molar-refractivity contribution in [1.82, 2.24) is 0 Å². The molecule has 0 aliphatic carbocycles. The summed E-state index contributed by atoms with van der Waals surface area (Å²) in [6.45, 7) is 8.16. The molecular weight excluding hydrogens is 184 g/mol. The lowest BCUT2D eigenvalue weighted by atomic mass is 10.1. The van der Waals surface area contributed by atoms with Crippen molar-refractivity contribution in [2.75, 3.05) is 0 Å². The molecule has 0 aromatic carbocycles. The maximum Gasteiger partial charge on any atom is 0.316 e. The Morgan fingerprint density at radius 1 is 1.38 bits per heavy atom. The molecule has 2 nitrogen and oxygen atoms in total. The van der Waals surface area contributed by atoms with Gasteiger partial charge in [-0.15, -0.1) is 11.8 Å². The van der Waals surface area contributed by atoms with E-state index in [1.165, 1.54) is 0 Å². The quantitative estimate of drug-likeness (QED) is 0.722. The van der Waals surface area contributed by atoms with E-state index in [0.717, 1.165) is 12.8 Å². The van der Waals surface area contributed by atoms with Crippen LogP contribution in [0.3, 0.4) is 0 Å². The average Bonchev–Trinajstić information content (AvgIpc) is 1.99. The van der Waals surface area contributed by atoms with Gasteiger partial charge in [0.2, 0.25) is 0 Å². The fourth-order valence-corrected chi connectivity index (χ4v) is 2.53. The van der Waals surface area contributed by atoms with Crippen LogP contribution in [0.2, 0.25) is 0 Å². The summed E-state index contributed by atoms with van der Waals surface area (Å²) in [6, 6.07) is 0. The molecule has 0 bridgehead atoms. The average molecular weight is 204 g/mol. The fourth-order valence-electron chi connectivity index (χ4n) is 1.23. The summed E-state index contributed by atoms with van der Waals surface area (Å²) < 4.78 is 0. The third-order valence-electron chi connectivity index (χ3n) is 1.92. The highest BCUT2D eigenvalue weighted by atomic mass is 32.2. The van der Waals surface area contributed by atoms with Gasteiger partial charge in [0.05, 0.1) is 0 Å².